The predicted molar refractivity (Wildman–Crippen MR) is 145 cm³/mol. The van der Waals surface area contributed by atoms with Gasteiger partial charge in [-0.2, -0.15) is 0 Å². The van der Waals surface area contributed by atoms with E-state index in [1.165, 1.54) is 0 Å². The number of aromatic amines is 2. The van der Waals surface area contributed by atoms with Crippen molar-refractivity contribution in [3.05, 3.63) is 97.0 Å². The smallest absolute Gasteiger partial charge is 0.349 e. The van der Waals surface area contributed by atoms with Crippen LogP contribution in [0.1, 0.15) is 16.1 Å². The molecule has 37 heavy (non-hydrogen) atoms. The summed E-state index contributed by atoms with van der Waals surface area (Å²) >= 11 is 15.8. The van der Waals surface area contributed by atoms with Gasteiger partial charge in [0.2, 0.25) is 5.91 Å². The van der Waals surface area contributed by atoms with Crippen molar-refractivity contribution in [3.8, 4) is 11.4 Å². The molecule has 2 amide bonds. The highest BCUT2D eigenvalue weighted by molar-refractivity contribution is 9.10. The standard InChI is InChI=1S/C25H16BrCl2N5O4/c26-13-7-8-18(15(10-13)23-32-25(36)37-33-23)31-24(35)20-9-12-3-1-6-19(22(12)30-20)29-21(34)11-14-16(27)4-2-5-17(14)28/h1-10,30H,11H2,(H,29,34)(H,31,35)(H,32,33,36). The summed E-state index contributed by atoms with van der Waals surface area (Å²) in [4.78, 5) is 42.8. The lowest BCUT2D eigenvalue weighted by Crippen LogP contribution is -2.15. The molecule has 5 rings (SSSR count). The van der Waals surface area contributed by atoms with Crippen molar-refractivity contribution in [2.75, 3.05) is 10.6 Å². The highest BCUT2D eigenvalue weighted by Gasteiger charge is 2.18. The molecule has 0 fully saturated rings. The second-order valence-electron chi connectivity index (χ2n) is 7.97. The van der Waals surface area contributed by atoms with Crippen LogP contribution in [0.15, 0.2) is 74.5 Å². The molecule has 3 aromatic carbocycles. The van der Waals surface area contributed by atoms with Crippen molar-refractivity contribution in [1.82, 2.24) is 15.1 Å². The lowest BCUT2D eigenvalue weighted by molar-refractivity contribution is -0.115. The molecular weight excluding hydrogens is 585 g/mol. The molecule has 5 aromatic rings. The Bertz CT molecular complexity index is 1710. The fourth-order valence-electron chi connectivity index (χ4n) is 3.80. The van der Waals surface area contributed by atoms with Crippen LogP contribution >= 0.6 is 39.1 Å². The maximum Gasteiger partial charge on any atom is 0.439 e. The van der Waals surface area contributed by atoms with Crippen LogP contribution in [0.4, 0.5) is 11.4 Å². The molecule has 186 valence electrons. The molecule has 0 saturated carbocycles. The van der Waals surface area contributed by atoms with Crippen molar-refractivity contribution >= 4 is 73.2 Å². The molecule has 2 aromatic heterocycles. The third-order valence-electron chi connectivity index (χ3n) is 5.50. The zero-order valence-electron chi connectivity index (χ0n) is 18.7. The summed E-state index contributed by atoms with van der Waals surface area (Å²) in [5, 5.41) is 10.9. The second kappa shape index (κ2) is 10.3. The molecule has 0 aliphatic heterocycles. The van der Waals surface area contributed by atoms with Gasteiger partial charge in [0.15, 0.2) is 5.82 Å². The Balaban J connectivity index is 1.39. The first-order valence-electron chi connectivity index (χ1n) is 10.8. The van der Waals surface area contributed by atoms with Crippen molar-refractivity contribution in [2.45, 2.75) is 6.42 Å². The van der Waals surface area contributed by atoms with Gasteiger partial charge in [-0.25, -0.2) is 4.79 Å². The van der Waals surface area contributed by atoms with Gasteiger partial charge in [-0.05, 0) is 48.0 Å². The molecule has 0 aliphatic rings. The van der Waals surface area contributed by atoms with Gasteiger partial charge in [0, 0.05) is 25.5 Å². The summed E-state index contributed by atoms with van der Waals surface area (Å²) in [6.45, 7) is 0. The largest absolute Gasteiger partial charge is 0.439 e. The second-order valence-corrected chi connectivity index (χ2v) is 9.70. The van der Waals surface area contributed by atoms with Crippen molar-refractivity contribution in [1.29, 1.82) is 0 Å². The van der Waals surface area contributed by atoms with Gasteiger partial charge in [0.05, 0.1) is 23.3 Å². The van der Waals surface area contributed by atoms with E-state index in [1.54, 1.807) is 54.6 Å². The number of carbonyl (C=O) groups excluding carboxylic acids is 2. The van der Waals surface area contributed by atoms with Crippen LogP contribution in [0.25, 0.3) is 22.3 Å². The first kappa shape index (κ1) is 24.8. The van der Waals surface area contributed by atoms with Gasteiger partial charge in [0.25, 0.3) is 5.91 Å². The average molecular weight is 601 g/mol. The third-order valence-corrected chi connectivity index (χ3v) is 6.70. The minimum Gasteiger partial charge on any atom is -0.349 e. The Kier molecular flexibility index (Phi) is 6.88. The lowest BCUT2D eigenvalue weighted by Gasteiger charge is -2.09. The number of hydrogen-bond acceptors (Lipinski definition) is 5. The van der Waals surface area contributed by atoms with Crippen molar-refractivity contribution < 1.29 is 14.1 Å². The van der Waals surface area contributed by atoms with E-state index in [-0.39, 0.29) is 23.8 Å². The van der Waals surface area contributed by atoms with Gasteiger partial charge in [-0.3, -0.25) is 19.1 Å². The maximum atomic E-state index is 13.1. The molecule has 9 nitrogen and oxygen atoms in total. The Morgan fingerprint density at radius 2 is 1.70 bits per heavy atom. The van der Waals surface area contributed by atoms with Crippen LogP contribution in [0.5, 0.6) is 0 Å². The molecule has 0 unspecified atom stereocenters. The number of fused-ring (bicyclic) bond motifs is 1. The Labute approximate surface area is 227 Å². The van der Waals surface area contributed by atoms with Crippen LogP contribution in [-0.2, 0) is 11.2 Å². The molecule has 0 spiro atoms. The average Bonchev–Trinajstić information content (AvgIpc) is 3.50. The SMILES string of the molecule is O=C(Cc1c(Cl)cccc1Cl)Nc1cccc2cc(C(=O)Nc3ccc(Br)cc3-c3noc(=O)[nH]3)[nH]c12. The minimum atomic E-state index is -0.714. The van der Waals surface area contributed by atoms with Gasteiger partial charge >= 0.3 is 5.76 Å². The Morgan fingerprint density at radius 3 is 2.43 bits per heavy atom. The highest BCUT2D eigenvalue weighted by Crippen LogP contribution is 2.30. The Morgan fingerprint density at radius 1 is 0.946 bits per heavy atom. The van der Waals surface area contributed by atoms with Crippen LogP contribution < -0.4 is 16.4 Å². The monoisotopic (exact) mass is 599 g/mol. The molecular formula is C25H16BrCl2N5O4. The van der Waals surface area contributed by atoms with E-state index in [4.69, 9.17) is 23.2 Å². The number of H-pyrrole nitrogens is 2. The predicted octanol–water partition coefficient (Wildman–Crippen LogP) is 6.01. The summed E-state index contributed by atoms with van der Waals surface area (Å²) in [6, 6.07) is 17.1. The normalized spacial score (nSPS) is 11.0. The number of halogens is 3. The molecule has 12 heteroatoms. The lowest BCUT2D eigenvalue weighted by atomic mass is 10.1. The summed E-state index contributed by atoms with van der Waals surface area (Å²) in [5.41, 5.74) is 2.71. The van der Waals surface area contributed by atoms with E-state index in [0.29, 0.717) is 42.5 Å². The first-order chi connectivity index (χ1) is 17.8. The zero-order chi connectivity index (χ0) is 26.1. The third kappa shape index (κ3) is 5.31. The molecule has 0 saturated heterocycles. The van der Waals surface area contributed by atoms with Crippen molar-refractivity contribution in [2.24, 2.45) is 0 Å². The van der Waals surface area contributed by atoms with Crippen LogP contribution in [-0.4, -0.2) is 26.9 Å². The summed E-state index contributed by atoms with van der Waals surface area (Å²) in [6.07, 6.45) is -0.0145. The number of hydrogen-bond donors (Lipinski definition) is 4. The number of anilines is 2. The summed E-state index contributed by atoms with van der Waals surface area (Å²) < 4.78 is 5.31. The molecule has 2 heterocycles. The molecule has 0 bridgehead atoms. The number of para-hydroxylation sites is 1. The first-order valence-corrected chi connectivity index (χ1v) is 12.3. The van der Waals surface area contributed by atoms with Crippen LogP contribution in [0.2, 0.25) is 10.0 Å². The number of carbonyl (C=O) groups is 2. The molecule has 0 radical (unpaired) electrons. The fraction of sp³-hybridized carbons (Fsp3) is 0.0400. The number of aromatic nitrogens is 3. The van der Waals surface area contributed by atoms with Crippen molar-refractivity contribution in [3.63, 3.8) is 0 Å². The van der Waals surface area contributed by atoms with E-state index >= 15 is 0 Å². The van der Waals surface area contributed by atoms with Crippen LogP contribution in [0, 0.1) is 0 Å². The molecule has 0 aliphatic carbocycles. The molecule has 4 N–H and O–H groups in total. The summed E-state index contributed by atoms with van der Waals surface area (Å²) in [5.74, 6) is -1.30. The zero-order valence-corrected chi connectivity index (χ0v) is 21.8. The van der Waals surface area contributed by atoms with E-state index in [2.05, 4.69) is 46.2 Å². The fourth-order valence-corrected chi connectivity index (χ4v) is 4.69. The molecule has 0 atom stereocenters. The number of nitrogens with zero attached hydrogens (tertiary/aromatic N) is 1. The number of amides is 2. The van der Waals surface area contributed by atoms with E-state index in [0.717, 1.165) is 5.39 Å². The Hall–Kier alpha value is -3.86. The van der Waals surface area contributed by atoms with Crippen LogP contribution in [0.3, 0.4) is 0 Å². The van der Waals surface area contributed by atoms with Gasteiger partial charge in [0.1, 0.15) is 5.69 Å². The number of benzene rings is 3. The number of rotatable bonds is 6. The maximum absolute atomic E-state index is 13.1. The van der Waals surface area contributed by atoms with Gasteiger partial charge in [-0.15, -0.1) is 0 Å². The van der Waals surface area contributed by atoms with Gasteiger partial charge in [-0.1, -0.05) is 62.5 Å². The van der Waals surface area contributed by atoms with Gasteiger partial charge < -0.3 is 15.6 Å². The summed E-state index contributed by atoms with van der Waals surface area (Å²) in [7, 11) is 0. The quantitative estimate of drug-likeness (QED) is 0.189. The minimum absolute atomic E-state index is 0.0145. The van der Waals surface area contributed by atoms with E-state index in [1.807, 2.05) is 6.07 Å². The topological polar surface area (TPSA) is 133 Å². The highest BCUT2D eigenvalue weighted by atomic mass is 79.9. The van der Waals surface area contributed by atoms with E-state index in [9.17, 15) is 14.4 Å². The van der Waals surface area contributed by atoms with E-state index < -0.39 is 11.7 Å². The number of nitrogens with one attached hydrogen (secondary N) is 4.